The molecule has 4 aromatic rings. The van der Waals surface area contributed by atoms with E-state index < -0.39 is 0 Å². The molecule has 0 spiro atoms. The first-order valence-electron chi connectivity index (χ1n) is 10.3. The van der Waals surface area contributed by atoms with Gasteiger partial charge in [-0.2, -0.15) is 0 Å². The lowest BCUT2D eigenvalue weighted by Crippen LogP contribution is -2.49. The molecule has 1 aliphatic heterocycles. The van der Waals surface area contributed by atoms with E-state index in [1.807, 2.05) is 53.9 Å². The molecule has 0 N–H and O–H groups in total. The van der Waals surface area contributed by atoms with Crippen LogP contribution >= 0.6 is 11.3 Å². The van der Waals surface area contributed by atoms with Gasteiger partial charge in [0.25, 0.3) is 11.5 Å². The fourth-order valence-electron chi connectivity index (χ4n) is 3.97. The van der Waals surface area contributed by atoms with E-state index in [1.54, 1.807) is 9.30 Å². The second kappa shape index (κ2) is 8.45. The van der Waals surface area contributed by atoms with Gasteiger partial charge in [-0.25, -0.2) is 4.98 Å². The topological polar surface area (TPSA) is 57.9 Å². The summed E-state index contributed by atoms with van der Waals surface area (Å²) in [7, 11) is 0. The van der Waals surface area contributed by atoms with Gasteiger partial charge in [-0.3, -0.25) is 18.9 Å². The molecule has 0 unspecified atom stereocenters. The number of piperazine rings is 1. The SMILES string of the molecule is O=C(c1cnc2scc(-c3ccccc3)n2c1=O)N1CCN(Cc2ccccc2)CC1. The number of rotatable bonds is 4. The summed E-state index contributed by atoms with van der Waals surface area (Å²) in [6.07, 6.45) is 1.43. The van der Waals surface area contributed by atoms with E-state index in [2.05, 4.69) is 22.0 Å². The van der Waals surface area contributed by atoms with Crippen molar-refractivity contribution in [2.45, 2.75) is 6.54 Å². The summed E-state index contributed by atoms with van der Waals surface area (Å²) < 4.78 is 1.55. The standard InChI is InChI=1S/C24H22N4O2S/c29-22(27-13-11-26(12-14-27)16-18-7-3-1-4-8-18)20-15-25-24-28(23(20)30)21(17-31-24)19-9-5-2-6-10-19/h1-10,15,17H,11-14,16H2. The molecule has 1 saturated heterocycles. The van der Waals surface area contributed by atoms with Crippen molar-refractivity contribution in [3.05, 3.63) is 93.7 Å². The van der Waals surface area contributed by atoms with Crippen LogP contribution in [0, 0.1) is 0 Å². The van der Waals surface area contributed by atoms with Gasteiger partial charge < -0.3 is 4.90 Å². The smallest absolute Gasteiger partial charge is 0.271 e. The molecule has 3 heterocycles. The second-order valence-electron chi connectivity index (χ2n) is 7.64. The molecule has 6 nitrogen and oxygen atoms in total. The average molecular weight is 431 g/mol. The highest BCUT2D eigenvalue weighted by Crippen LogP contribution is 2.23. The maximum absolute atomic E-state index is 13.2. The maximum atomic E-state index is 13.2. The molecule has 1 aliphatic rings. The van der Waals surface area contributed by atoms with Crippen molar-refractivity contribution in [1.29, 1.82) is 0 Å². The zero-order valence-corrected chi connectivity index (χ0v) is 17.8. The van der Waals surface area contributed by atoms with E-state index in [9.17, 15) is 9.59 Å². The van der Waals surface area contributed by atoms with Gasteiger partial charge in [0.1, 0.15) is 5.56 Å². The molecular weight excluding hydrogens is 408 g/mol. The summed E-state index contributed by atoms with van der Waals surface area (Å²) in [6.45, 7) is 3.64. The Bertz CT molecular complexity index is 1260. The normalized spacial score (nSPS) is 14.8. The van der Waals surface area contributed by atoms with Crippen LogP contribution in [0.15, 0.2) is 77.0 Å². The number of carbonyl (C=O) groups is 1. The van der Waals surface area contributed by atoms with Crippen molar-refractivity contribution in [1.82, 2.24) is 19.2 Å². The van der Waals surface area contributed by atoms with E-state index in [4.69, 9.17) is 0 Å². The minimum Gasteiger partial charge on any atom is -0.336 e. The first-order chi connectivity index (χ1) is 15.2. The number of fused-ring (bicyclic) bond motifs is 1. The Labute approximate surface area is 184 Å². The molecular formula is C24H22N4O2S. The first kappa shape index (κ1) is 19.7. The lowest BCUT2D eigenvalue weighted by Gasteiger charge is -2.34. The number of nitrogens with zero attached hydrogens (tertiary/aromatic N) is 4. The molecule has 7 heteroatoms. The van der Waals surface area contributed by atoms with Gasteiger partial charge >= 0.3 is 0 Å². The van der Waals surface area contributed by atoms with Crippen LogP contribution in [-0.2, 0) is 6.54 Å². The Morgan fingerprint density at radius 2 is 1.61 bits per heavy atom. The van der Waals surface area contributed by atoms with E-state index in [0.717, 1.165) is 30.9 Å². The number of thiazole rings is 1. The summed E-state index contributed by atoms with van der Waals surface area (Å²) in [5.41, 5.74) is 2.78. The van der Waals surface area contributed by atoms with Crippen LogP contribution < -0.4 is 5.56 Å². The molecule has 1 amide bonds. The zero-order chi connectivity index (χ0) is 21.2. The van der Waals surface area contributed by atoms with E-state index >= 15 is 0 Å². The van der Waals surface area contributed by atoms with Crippen LogP contribution in [-0.4, -0.2) is 51.3 Å². The van der Waals surface area contributed by atoms with Gasteiger partial charge in [-0.15, -0.1) is 11.3 Å². The molecule has 2 aromatic heterocycles. The molecule has 1 fully saturated rings. The molecule has 31 heavy (non-hydrogen) atoms. The molecule has 0 bridgehead atoms. The monoisotopic (exact) mass is 430 g/mol. The summed E-state index contributed by atoms with van der Waals surface area (Å²) >= 11 is 1.40. The largest absolute Gasteiger partial charge is 0.336 e. The Hall–Kier alpha value is -3.29. The quantitative estimate of drug-likeness (QED) is 0.498. The molecule has 2 aromatic carbocycles. The average Bonchev–Trinajstić information content (AvgIpc) is 3.26. The number of carbonyl (C=O) groups excluding carboxylic acids is 1. The van der Waals surface area contributed by atoms with Crippen molar-refractivity contribution < 1.29 is 4.79 Å². The zero-order valence-electron chi connectivity index (χ0n) is 17.0. The molecule has 5 rings (SSSR count). The van der Waals surface area contributed by atoms with Gasteiger partial charge in [-0.1, -0.05) is 60.7 Å². The van der Waals surface area contributed by atoms with Gasteiger partial charge in [0.2, 0.25) is 0 Å². The minimum absolute atomic E-state index is 0.129. The fourth-order valence-corrected chi connectivity index (χ4v) is 4.83. The van der Waals surface area contributed by atoms with Crippen LogP contribution in [0.3, 0.4) is 0 Å². The summed E-state index contributed by atoms with van der Waals surface area (Å²) in [5, 5.41) is 1.91. The van der Waals surface area contributed by atoms with Crippen LogP contribution in [0.2, 0.25) is 0 Å². The number of aromatic nitrogens is 2. The van der Waals surface area contributed by atoms with Crippen molar-refractivity contribution in [2.24, 2.45) is 0 Å². The third-order valence-electron chi connectivity index (χ3n) is 5.65. The van der Waals surface area contributed by atoms with Crippen LogP contribution in [0.5, 0.6) is 0 Å². The minimum atomic E-state index is -0.304. The van der Waals surface area contributed by atoms with E-state index in [0.29, 0.717) is 18.1 Å². The first-order valence-corrected chi connectivity index (χ1v) is 11.2. The number of amides is 1. The predicted molar refractivity (Wildman–Crippen MR) is 122 cm³/mol. The Morgan fingerprint density at radius 1 is 0.935 bits per heavy atom. The van der Waals surface area contributed by atoms with Gasteiger partial charge in [-0.05, 0) is 11.1 Å². The van der Waals surface area contributed by atoms with Crippen molar-refractivity contribution in [3.8, 4) is 11.3 Å². The van der Waals surface area contributed by atoms with Gasteiger partial charge in [0, 0.05) is 44.3 Å². The summed E-state index contributed by atoms with van der Waals surface area (Å²) in [4.78, 5) is 35.5. The Kier molecular flexibility index (Phi) is 5.36. The molecule has 0 radical (unpaired) electrons. The third kappa shape index (κ3) is 3.89. The number of benzene rings is 2. The van der Waals surface area contributed by atoms with Crippen LogP contribution in [0.1, 0.15) is 15.9 Å². The highest BCUT2D eigenvalue weighted by Gasteiger charge is 2.25. The molecule has 0 aliphatic carbocycles. The van der Waals surface area contributed by atoms with E-state index in [-0.39, 0.29) is 17.0 Å². The number of hydrogen-bond acceptors (Lipinski definition) is 5. The lowest BCUT2D eigenvalue weighted by atomic mass is 10.1. The molecule has 0 saturated carbocycles. The third-order valence-corrected chi connectivity index (χ3v) is 6.49. The van der Waals surface area contributed by atoms with Gasteiger partial charge in [0.15, 0.2) is 4.96 Å². The van der Waals surface area contributed by atoms with Crippen molar-refractivity contribution in [3.63, 3.8) is 0 Å². The van der Waals surface area contributed by atoms with Crippen LogP contribution in [0.25, 0.3) is 16.2 Å². The fraction of sp³-hybridized carbons (Fsp3) is 0.208. The predicted octanol–water partition coefficient (Wildman–Crippen LogP) is 3.38. The van der Waals surface area contributed by atoms with Crippen LogP contribution in [0.4, 0.5) is 0 Å². The summed E-state index contributed by atoms with van der Waals surface area (Å²) in [6, 6.07) is 20.0. The highest BCUT2D eigenvalue weighted by molar-refractivity contribution is 7.15. The molecule has 156 valence electrons. The molecule has 0 atom stereocenters. The van der Waals surface area contributed by atoms with Crippen molar-refractivity contribution in [2.75, 3.05) is 26.2 Å². The maximum Gasteiger partial charge on any atom is 0.271 e. The summed E-state index contributed by atoms with van der Waals surface area (Å²) in [5.74, 6) is -0.239. The second-order valence-corrected chi connectivity index (χ2v) is 8.47. The highest BCUT2D eigenvalue weighted by atomic mass is 32.1. The number of hydrogen-bond donors (Lipinski definition) is 0. The van der Waals surface area contributed by atoms with E-state index in [1.165, 1.54) is 23.1 Å². The van der Waals surface area contributed by atoms with Gasteiger partial charge in [0.05, 0.1) is 5.69 Å². The Balaban J connectivity index is 1.36. The van der Waals surface area contributed by atoms with Crippen molar-refractivity contribution >= 4 is 22.2 Å². The lowest BCUT2D eigenvalue weighted by molar-refractivity contribution is 0.0626. The Morgan fingerprint density at radius 3 is 2.32 bits per heavy atom.